The normalized spacial score (nSPS) is 13.2. The second kappa shape index (κ2) is 5.33. The van der Waals surface area contributed by atoms with Gasteiger partial charge in [0, 0.05) is 0 Å². The van der Waals surface area contributed by atoms with Crippen molar-refractivity contribution in [2.45, 2.75) is 17.9 Å². The van der Waals surface area contributed by atoms with Gasteiger partial charge in [0.25, 0.3) is 10.1 Å². The summed E-state index contributed by atoms with van der Waals surface area (Å²) in [6.07, 6.45) is -0.503. The van der Waals surface area contributed by atoms with Crippen molar-refractivity contribution in [2.24, 2.45) is 0 Å². The van der Waals surface area contributed by atoms with Crippen LogP contribution in [-0.2, 0) is 14.3 Å². The van der Waals surface area contributed by atoms with Crippen molar-refractivity contribution in [3.8, 4) is 0 Å². The van der Waals surface area contributed by atoms with Gasteiger partial charge in [0.2, 0.25) is 0 Å². The Hall–Kier alpha value is -1.65. The van der Waals surface area contributed by atoms with Crippen LogP contribution in [0.15, 0.2) is 65.6 Å². The maximum absolute atomic E-state index is 12.0. The van der Waals surface area contributed by atoms with Gasteiger partial charge in [-0.1, -0.05) is 48.5 Å². The number of hydrogen-bond donors (Lipinski definition) is 0. The van der Waals surface area contributed by atoms with Crippen LogP contribution < -0.4 is 0 Å². The van der Waals surface area contributed by atoms with E-state index < -0.39 is 16.2 Å². The molecule has 0 N–H and O–H groups in total. The van der Waals surface area contributed by atoms with Gasteiger partial charge in [-0.05, 0) is 24.6 Å². The Bertz CT molecular complexity index is 591. The first-order valence-electron chi connectivity index (χ1n) is 5.63. The van der Waals surface area contributed by atoms with E-state index in [4.69, 9.17) is 4.18 Å². The van der Waals surface area contributed by atoms with Gasteiger partial charge in [0.15, 0.2) is 0 Å². The van der Waals surface area contributed by atoms with Crippen molar-refractivity contribution in [3.05, 3.63) is 66.2 Å². The quantitative estimate of drug-likeness (QED) is 0.795. The largest absolute Gasteiger partial charge is 0.297 e. The fraction of sp³-hybridized carbons (Fsp3) is 0.143. The van der Waals surface area contributed by atoms with Crippen molar-refractivity contribution in [1.29, 1.82) is 0 Å². The van der Waals surface area contributed by atoms with E-state index in [2.05, 4.69) is 0 Å². The van der Waals surface area contributed by atoms with E-state index in [0.29, 0.717) is 0 Å². The fourth-order valence-electron chi connectivity index (χ4n) is 1.61. The smallest absolute Gasteiger partial charge is 0.258 e. The molecular weight excluding hydrogens is 248 g/mol. The highest BCUT2D eigenvalue weighted by molar-refractivity contribution is 7.86. The van der Waals surface area contributed by atoms with E-state index in [1.165, 1.54) is 12.1 Å². The van der Waals surface area contributed by atoms with E-state index in [0.717, 1.165) is 5.56 Å². The maximum atomic E-state index is 12.0. The van der Waals surface area contributed by atoms with Gasteiger partial charge in [-0.3, -0.25) is 4.18 Å². The summed E-state index contributed by atoms with van der Waals surface area (Å²) >= 11 is 0. The maximum Gasteiger partial charge on any atom is 0.297 e. The molecule has 94 valence electrons. The van der Waals surface area contributed by atoms with Crippen LogP contribution >= 0.6 is 0 Å². The summed E-state index contributed by atoms with van der Waals surface area (Å²) in [5.74, 6) is 0. The third-order valence-corrected chi connectivity index (χ3v) is 3.96. The van der Waals surface area contributed by atoms with E-state index in [1.54, 1.807) is 25.1 Å². The first-order chi connectivity index (χ1) is 8.59. The molecule has 3 nitrogen and oxygen atoms in total. The lowest BCUT2D eigenvalue weighted by Crippen LogP contribution is -2.09. The summed E-state index contributed by atoms with van der Waals surface area (Å²) < 4.78 is 29.2. The Kier molecular flexibility index (Phi) is 3.79. The van der Waals surface area contributed by atoms with Gasteiger partial charge in [-0.2, -0.15) is 8.42 Å². The summed E-state index contributed by atoms with van der Waals surface area (Å²) in [6.45, 7) is 1.72. The average Bonchev–Trinajstić information content (AvgIpc) is 2.40. The van der Waals surface area contributed by atoms with Crippen LogP contribution in [0.4, 0.5) is 0 Å². The molecule has 0 radical (unpaired) electrons. The molecule has 0 amide bonds. The molecule has 4 heteroatoms. The molecule has 0 saturated heterocycles. The predicted octanol–water partition coefficient (Wildman–Crippen LogP) is 3.15. The summed E-state index contributed by atoms with van der Waals surface area (Å²) in [6, 6.07) is 17.4. The highest BCUT2D eigenvalue weighted by Gasteiger charge is 2.19. The molecule has 0 heterocycles. The summed E-state index contributed by atoms with van der Waals surface area (Å²) in [5, 5.41) is 0. The van der Waals surface area contributed by atoms with Crippen LogP contribution in [0.1, 0.15) is 18.6 Å². The number of rotatable bonds is 4. The molecule has 0 aliphatic rings. The van der Waals surface area contributed by atoms with Crippen LogP contribution in [-0.4, -0.2) is 8.42 Å². The molecule has 0 aliphatic carbocycles. The summed E-state index contributed by atoms with van der Waals surface area (Å²) in [7, 11) is -3.71. The predicted molar refractivity (Wildman–Crippen MR) is 69.6 cm³/mol. The van der Waals surface area contributed by atoms with Crippen molar-refractivity contribution >= 4 is 10.1 Å². The number of benzene rings is 2. The van der Waals surface area contributed by atoms with Crippen molar-refractivity contribution < 1.29 is 12.6 Å². The molecule has 0 bridgehead atoms. The van der Waals surface area contributed by atoms with Gasteiger partial charge in [-0.15, -0.1) is 0 Å². The zero-order valence-electron chi connectivity index (χ0n) is 9.98. The SMILES string of the molecule is CC(OS(=O)(=O)c1ccccc1)c1ccccc1. The molecule has 2 aromatic carbocycles. The highest BCUT2D eigenvalue weighted by Crippen LogP contribution is 2.22. The standard InChI is InChI=1S/C14H14O3S/c1-12(13-8-4-2-5-9-13)17-18(15,16)14-10-6-3-7-11-14/h2-12H,1H3. The molecule has 0 aromatic heterocycles. The van der Waals surface area contributed by atoms with Gasteiger partial charge in [0.1, 0.15) is 0 Å². The summed E-state index contributed by atoms with van der Waals surface area (Å²) in [4.78, 5) is 0.174. The molecule has 0 spiro atoms. The third-order valence-electron chi connectivity index (χ3n) is 2.57. The zero-order chi connectivity index (χ0) is 13.0. The van der Waals surface area contributed by atoms with Crippen molar-refractivity contribution in [3.63, 3.8) is 0 Å². The lowest BCUT2D eigenvalue weighted by atomic mass is 10.1. The van der Waals surface area contributed by atoms with Crippen LogP contribution in [0.25, 0.3) is 0 Å². The molecule has 0 fully saturated rings. The molecule has 1 atom stereocenters. The highest BCUT2D eigenvalue weighted by atomic mass is 32.2. The van der Waals surface area contributed by atoms with Gasteiger partial charge in [0.05, 0.1) is 11.0 Å². The van der Waals surface area contributed by atoms with Crippen LogP contribution in [0, 0.1) is 0 Å². The molecule has 0 saturated carbocycles. The topological polar surface area (TPSA) is 43.4 Å². The molecule has 2 rings (SSSR count). The van der Waals surface area contributed by atoms with E-state index in [9.17, 15) is 8.42 Å². The monoisotopic (exact) mass is 262 g/mol. The Morgan fingerprint density at radius 3 is 1.94 bits per heavy atom. The second-order valence-electron chi connectivity index (χ2n) is 3.92. The zero-order valence-corrected chi connectivity index (χ0v) is 10.8. The molecular formula is C14H14O3S. The lowest BCUT2D eigenvalue weighted by molar-refractivity contribution is 0.234. The Morgan fingerprint density at radius 2 is 1.39 bits per heavy atom. The van der Waals surface area contributed by atoms with Crippen LogP contribution in [0.2, 0.25) is 0 Å². The first kappa shape index (κ1) is 12.8. The minimum atomic E-state index is -3.71. The minimum absolute atomic E-state index is 0.174. The van der Waals surface area contributed by atoms with Crippen LogP contribution in [0.5, 0.6) is 0 Å². The van der Waals surface area contributed by atoms with Crippen molar-refractivity contribution in [1.82, 2.24) is 0 Å². The molecule has 0 aliphatic heterocycles. The molecule has 1 unspecified atom stereocenters. The fourth-order valence-corrected chi connectivity index (χ4v) is 2.71. The third kappa shape index (κ3) is 2.97. The molecule has 18 heavy (non-hydrogen) atoms. The minimum Gasteiger partial charge on any atom is -0.258 e. The Labute approximate surface area is 107 Å². The first-order valence-corrected chi connectivity index (χ1v) is 7.04. The van der Waals surface area contributed by atoms with E-state index >= 15 is 0 Å². The second-order valence-corrected chi connectivity index (χ2v) is 5.49. The van der Waals surface area contributed by atoms with Crippen molar-refractivity contribution in [2.75, 3.05) is 0 Å². The van der Waals surface area contributed by atoms with Gasteiger partial charge >= 0.3 is 0 Å². The van der Waals surface area contributed by atoms with E-state index in [1.807, 2.05) is 30.3 Å². The van der Waals surface area contributed by atoms with Crippen LogP contribution in [0.3, 0.4) is 0 Å². The molecule has 2 aromatic rings. The lowest BCUT2D eigenvalue weighted by Gasteiger charge is -2.13. The average molecular weight is 262 g/mol. The Morgan fingerprint density at radius 1 is 0.889 bits per heavy atom. The number of hydrogen-bond acceptors (Lipinski definition) is 3. The van der Waals surface area contributed by atoms with Gasteiger partial charge in [-0.25, -0.2) is 0 Å². The van der Waals surface area contributed by atoms with Gasteiger partial charge < -0.3 is 0 Å². The van der Waals surface area contributed by atoms with E-state index in [-0.39, 0.29) is 4.90 Å². The summed E-state index contributed by atoms with van der Waals surface area (Å²) in [5.41, 5.74) is 0.831. The Balaban J connectivity index is 2.20.